The quantitative estimate of drug-likeness (QED) is 0.611. The van der Waals surface area contributed by atoms with Crippen LogP contribution in [-0.4, -0.2) is 54.2 Å². The van der Waals surface area contributed by atoms with E-state index in [0.717, 1.165) is 31.7 Å². The Kier molecular flexibility index (Phi) is 8.61. The van der Waals surface area contributed by atoms with Crippen LogP contribution in [0.3, 0.4) is 0 Å². The molecule has 90 valence electrons. The smallest absolute Gasteiger partial charge is 0.222 e. The van der Waals surface area contributed by atoms with E-state index in [4.69, 9.17) is 0 Å². The standard InChI is InChI=1S/C10H22N2O2S/c1-12(2)10(13)6-4-7-11-8-5-9-15(3)14/h11H,4-9H2,1-3H3. The Morgan fingerprint density at radius 1 is 1.27 bits per heavy atom. The molecule has 0 saturated carbocycles. The van der Waals surface area contributed by atoms with E-state index in [9.17, 15) is 9.00 Å². The van der Waals surface area contributed by atoms with Crippen LogP contribution in [0.4, 0.5) is 0 Å². The maximum Gasteiger partial charge on any atom is 0.222 e. The molecule has 0 aliphatic heterocycles. The molecule has 0 heterocycles. The fourth-order valence-electron chi connectivity index (χ4n) is 1.11. The predicted octanol–water partition coefficient (Wildman–Crippen LogP) is 0.213. The van der Waals surface area contributed by atoms with Gasteiger partial charge in [-0.3, -0.25) is 9.00 Å². The highest BCUT2D eigenvalue weighted by atomic mass is 32.2. The molecule has 0 aromatic heterocycles. The van der Waals surface area contributed by atoms with Gasteiger partial charge in [-0.15, -0.1) is 0 Å². The maximum atomic E-state index is 11.2. The molecular formula is C10H22N2O2S. The average molecular weight is 234 g/mol. The summed E-state index contributed by atoms with van der Waals surface area (Å²) in [6.45, 7) is 1.74. The summed E-state index contributed by atoms with van der Waals surface area (Å²) in [5.74, 6) is 0.926. The van der Waals surface area contributed by atoms with Crippen LogP contribution in [0.1, 0.15) is 19.3 Å². The van der Waals surface area contributed by atoms with Crippen molar-refractivity contribution in [3.63, 3.8) is 0 Å². The third-order valence-corrected chi connectivity index (χ3v) is 2.89. The first-order chi connectivity index (χ1) is 7.04. The summed E-state index contributed by atoms with van der Waals surface area (Å²) in [5, 5.41) is 3.23. The molecule has 0 aliphatic carbocycles. The van der Waals surface area contributed by atoms with Crippen molar-refractivity contribution in [2.45, 2.75) is 19.3 Å². The summed E-state index contributed by atoms with van der Waals surface area (Å²) < 4.78 is 10.7. The van der Waals surface area contributed by atoms with E-state index in [2.05, 4.69) is 5.32 Å². The minimum absolute atomic E-state index is 0.173. The van der Waals surface area contributed by atoms with E-state index in [0.29, 0.717) is 6.42 Å². The summed E-state index contributed by atoms with van der Waals surface area (Å²) >= 11 is 0. The van der Waals surface area contributed by atoms with Gasteiger partial charge in [0.2, 0.25) is 5.91 Å². The zero-order valence-electron chi connectivity index (χ0n) is 9.91. The predicted molar refractivity (Wildman–Crippen MR) is 64.3 cm³/mol. The second kappa shape index (κ2) is 8.85. The molecule has 1 N–H and O–H groups in total. The lowest BCUT2D eigenvalue weighted by molar-refractivity contribution is -0.128. The third kappa shape index (κ3) is 9.87. The summed E-state index contributed by atoms with van der Waals surface area (Å²) in [4.78, 5) is 12.8. The molecule has 0 bridgehead atoms. The molecule has 1 amide bonds. The van der Waals surface area contributed by atoms with Crippen molar-refractivity contribution < 1.29 is 9.00 Å². The molecule has 0 saturated heterocycles. The van der Waals surface area contributed by atoms with E-state index in [1.165, 1.54) is 0 Å². The van der Waals surface area contributed by atoms with Crippen LogP contribution in [-0.2, 0) is 15.6 Å². The molecule has 1 unspecified atom stereocenters. The largest absolute Gasteiger partial charge is 0.349 e. The van der Waals surface area contributed by atoms with Crippen molar-refractivity contribution in [1.29, 1.82) is 0 Å². The van der Waals surface area contributed by atoms with Gasteiger partial charge in [-0.05, 0) is 25.9 Å². The van der Waals surface area contributed by atoms with Gasteiger partial charge >= 0.3 is 0 Å². The molecule has 0 fully saturated rings. The number of carbonyl (C=O) groups excluding carboxylic acids is 1. The molecule has 0 rings (SSSR count). The monoisotopic (exact) mass is 234 g/mol. The fourth-order valence-corrected chi connectivity index (χ4v) is 1.66. The molecule has 0 radical (unpaired) electrons. The van der Waals surface area contributed by atoms with Gasteiger partial charge in [0, 0.05) is 43.3 Å². The lowest BCUT2D eigenvalue weighted by Gasteiger charge is -2.09. The molecule has 0 aliphatic rings. The van der Waals surface area contributed by atoms with Crippen molar-refractivity contribution >= 4 is 16.7 Å². The normalized spacial score (nSPS) is 12.5. The third-order valence-electron chi connectivity index (χ3n) is 2.03. The lowest BCUT2D eigenvalue weighted by Crippen LogP contribution is -2.24. The first-order valence-corrected chi connectivity index (χ1v) is 6.97. The molecular weight excluding hydrogens is 212 g/mol. The summed E-state index contributed by atoms with van der Waals surface area (Å²) in [5.41, 5.74) is 0. The van der Waals surface area contributed by atoms with Gasteiger partial charge < -0.3 is 10.2 Å². The van der Waals surface area contributed by atoms with Crippen molar-refractivity contribution in [3.8, 4) is 0 Å². The average Bonchev–Trinajstić information content (AvgIpc) is 2.15. The Hall–Kier alpha value is -0.420. The van der Waals surface area contributed by atoms with Crippen molar-refractivity contribution in [1.82, 2.24) is 10.2 Å². The topological polar surface area (TPSA) is 49.4 Å². The fraction of sp³-hybridized carbons (Fsp3) is 0.900. The highest BCUT2D eigenvalue weighted by Crippen LogP contribution is 1.92. The van der Waals surface area contributed by atoms with Gasteiger partial charge in [0.1, 0.15) is 0 Å². The zero-order chi connectivity index (χ0) is 11.7. The maximum absolute atomic E-state index is 11.2. The Balaban J connectivity index is 3.18. The second-order valence-corrected chi connectivity index (χ2v) is 5.33. The molecule has 0 aromatic carbocycles. The molecule has 0 aromatic rings. The Morgan fingerprint density at radius 2 is 1.87 bits per heavy atom. The lowest BCUT2D eigenvalue weighted by atomic mass is 10.3. The van der Waals surface area contributed by atoms with Crippen molar-refractivity contribution in [2.75, 3.05) is 39.2 Å². The molecule has 1 atom stereocenters. The van der Waals surface area contributed by atoms with Gasteiger partial charge in [0.05, 0.1) is 0 Å². The highest BCUT2D eigenvalue weighted by Gasteiger charge is 2.02. The second-order valence-electron chi connectivity index (χ2n) is 3.77. The highest BCUT2D eigenvalue weighted by molar-refractivity contribution is 7.84. The number of nitrogens with one attached hydrogen (secondary N) is 1. The van der Waals surface area contributed by atoms with Crippen molar-refractivity contribution in [3.05, 3.63) is 0 Å². The Morgan fingerprint density at radius 3 is 2.40 bits per heavy atom. The van der Waals surface area contributed by atoms with Crippen LogP contribution >= 0.6 is 0 Å². The van der Waals surface area contributed by atoms with Gasteiger partial charge in [-0.2, -0.15) is 0 Å². The van der Waals surface area contributed by atoms with Gasteiger partial charge in [-0.1, -0.05) is 0 Å². The van der Waals surface area contributed by atoms with E-state index < -0.39 is 10.8 Å². The Labute approximate surface area is 94.9 Å². The number of hydrogen-bond acceptors (Lipinski definition) is 3. The van der Waals surface area contributed by atoms with E-state index >= 15 is 0 Å². The minimum Gasteiger partial charge on any atom is -0.349 e. The van der Waals surface area contributed by atoms with Crippen LogP contribution in [0.2, 0.25) is 0 Å². The van der Waals surface area contributed by atoms with E-state index in [1.807, 2.05) is 0 Å². The van der Waals surface area contributed by atoms with Crippen molar-refractivity contribution in [2.24, 2.45) is 0 Å². The number of nitrogens with zero attached hydrogens (tertiary/aromatic N) is 1. The first-order valence-electron chi connectivity index (χ1n) is 5.25. The molecule has 15 heavy (non-hydrogen) atoms. The number of hydrogen-bond donors (Lipinski definition) is 1. The number of amides is 1. The summed E-state index contributed by atoms with van der Waals surface area (Å²) in [6, 6.07) is 0. The number of carbonyl (C=O) groups is 1. The van der Waals surface area contributed by atoms with Crippen LogP contribution in [0.25, 0.3) is 0 Å². The first kappa shape index (κ1) is 14.6. The SMILES string of the molecule is CN(C)C(=O)CCCNCCCS(C)=O. The molecule has 5 heteroatoms. The van der Waals surface area contributed by atoms with Crippen LogP contribution in [0, 0.1) is 0 Å². The van der Waals surface area contributed by atoms with E-state index in [-0.39, 0.29) is 5.91 Å². The van der Waals surface area contributed by atoms with Crippen LogP contribution in [0.5, 0.6) is 0 Å². The zero-order valence-corrected chi connectivity index (χ0v) is 10.7. The number of rotatable bonds is 8. The Bertz CT molecular complexity index is 208. The molecule has 4 nitrogen and oxygen atoms in total. The summed E-state index contributed by atoms with van der Waals surface area (Å²) in [6.07, 6.45) is 4.12. The van der Waals surface area contributed by atoms with E-state index in [1.54, 1.807) is 25.3 Å². The van der Waals surface area contributed by atoms with Gasteiger partial charge in [0.15, 0.2) is 0 Å². The van der Waals surface area contributed by atoms with Gasteiger partial charge in [0.25, 0.3) is 0 Å². The van der Waals surface area contributed by atoms with Crippen LogP contribution < -0.4 is 5.32 Å². The minimum atomic E-state index is -0.687. The van der Waals surface area contributed by atoms with Gasteiger partial charge in [-0.25, -0.2) is 0 Å². The van der Waals surface area contributed by atoms with Crippen LogP contribution in [0.15, 0.2) is 0 Å². The summed E-state index contributed by atoms with van der Waals surface area (Å²) in [7, 11) is 2.85. The molecule has 0 spiro atoms.